The molecule has 1 aliphatic carbocycles. The third kappa shape index (κ3) is 4.41. The van der Waals surface area contributed by atoms with Gasteiger partial charge < -0.3 is 10.4 Å². The molecule has 0 aromatic heterocycles. The number of carboxylic acid groups (broad SMARTS) is 1. The van der Waals surface area contributed by atoms with Crippen molar-refractivity contribution in [2.45, 2.75) is 57.4 Å². The van der Waals surface area contributed by atoms with E-state index in [4.69, 9.17) is 5.11 Å². The van der Waals surface area contributed by atoms with E-state index >= 15 is 0 Å². The number of hydrogen-bond donors (Lipinski definition) is 2. The summed E-state index contributed by atoms with van der Waals surface area (Å²) in [5, 5.41) is 11.9. The molecule has 22 heavy (non-hydrogen) atoms. The summed E-state index contributed by atoms with van der Waals surface area (Å²) >= 11 is 0. The summed E-state index contributed by atoms with van der Waals surface area (Å²) < 4.78 is 0. The third-order valence-corrected chi connectivity index (χ3v) is 4.42. The second-order valence-corrected chi connectivity index (χ2v) is 6.03. The lowest BCUT2D eigenvalue weighted by atomic mass is 9.83. The minimum absolute atomic E-state index is 0.139. The summed E-state index contributed by atoms with van der Waals surface area (Å²) in [6, 6.07) is 7.11. The number of aliphatic carboxylic acids is 1. The topological polar surface area (TPSA) is 66.4 Å². The molecule has 1 fully saturated rings. The monoisotopic (exact) mass is 303 g/mol. The largest absolute Gasteiger partial charge is 0.481 e. The molecule has 4 heteroatoms. The highest BCUT2D eigenvalue weighted by Crippen LogP contribution is 2.32. The summed E-state index contributed by atoms with van der Waals surface area (Å²) in [5.74, 6) is -0.487. The van der Waals surface area contributed by atoms with Crippen LogP contribution in [-0.2, 0) is 4.79 Å². The third-order valence-electron chi connectivity index (χ3n) is 4.42. The van der Waals surface area contributed by atoms with Crippen LogP contribution in [0.3, 0.4) is 0 Å². The van der Waals surface area contributed by atoms with Crippen molar-refractivity contribution in [1.29, 1.82) is 0 Å². The SMILES string of the molecule is CCNC(CC(=O)O)C(=O)c1ccc(C2CCCCC2)cc1. The van der Waals surface area contributed by atoms with Crippen LogP contribution >= 0.6 is 0 Å². The lowest BCUT2D eigenvalue weighted by Crippen LogP contribution is -2.38. The van der Waals surface area contributed by atoms with Gasteiger partial charge in [0.15, 0.2) is 5.78 Å². The minimum atomic E-state index is -0.960. The van der Waals surface area contributed by atoms with Gasteiger partial charge in [-0.1, -0.05) is 50.5 Å². The first-order chi connectivity index (χ1) is 10.6. The fourth-order valence-corrected chi connectivity index (χ4v) is 3.24. The maximum Gasteiger partial charge on any atom is 0.305 e. The molecule has 120 valence electrons. The Morgan fingerprint density at radius 2 is 1.82 bits per heavy atom. The molecule has 1 aliphatic rings. The molecule has 0 spiro atoms. The zero-order valence-corrected chi connectivity index (χ0v) is 13.2. The Balaban J connectivity index is 2.07. The molecule has 1 saturated carbocycles. The molecular formula is C18H25NO3. The highest BCUT2D eigenvalue weighted by atomic mass is 16.4. The quantitative estimate of drug-likeness (QED) is 0.758. The van der Waals surface area contributed by atoms with Gasteiger partial charge in [0.05, 0.1) is 12.5 Å². The molecule has 4 nitrogen and oxygen atoms in total. The van der Waals surface area contributed by atoms with E-state index in [1.54, 1.807) is 0 Å². The fourth-order valence-electron chi connectivity index (χ4n) is 3.24. The van der Waals surface area contributed by atoms with Crippen molar-refractivity contribution in [1.82, 2.24) is 5.32 Å². The number of nitrogens with one attached hydrogen (secondary N) is 1. The molecular weight excluding hydrogens is 278 g/mol. The molecule has 2 N–H and O–H groups in total. The summed E-state index contributed by atoms with van der Waals surface area (Å²) in [5.41, 5.74) is 1.89. The highest BCUT2D eigenvalue weighted by molar-refractivity contribution is 6.01. The zero-order chi connectivity index (χ0) is 15.9. The van der Waals surface area contributed by atoms with Gasteiger partial charge in [0.25, 0.3) is 0 Å². The molecule has 2 rings (SSSR count). The smallest absolute Gasteiger partial charge is 0.305 e. The van der Waals surface area contributed by atoms with Crippen LogP contribution in [0.2, 0.25) is 0 Å². The number of hydrogen-bond acceptors (Lipinski definition) is 3. The lowest BCUT2D eigenvalue weighted by molar-refractivity contribution is -0.137. The van der Waals surface area contributed by atoms with E-state index in [2.05, 4.69) is 5.32 Å². The number of Topliss-reactive ketones (excluding diaryl/α,β-unsaturated/α-hetero) is 1. The lowest BCUT2D eigenvalue weighted by Gasteiger charge is -2.22. The van der Waals surface area contributed by atoms with Crippen LogP contribution in [-0.4, -0.2) is 29.4 Å². The first kappa shape index (κ1) is 16.7. The van der Waals surface area contributed by atoms with Gasteiger partial charge in [0.2, 0.25) is 0 Å². The predicted molar refractivity (Wildman–Crippen MR) is 86.3 cm³/mol. The van der Waals surface area contributed by atoms with Gasteiger partial charge in [0, 0.05) is 5.56 Å². The van der Waals surface area contributed by atoms with Crippen LogP contribution in [0.5, 0.6) is 0 Å². The van der Waals surface area contributed by atoms with Crippen LogP contribution in [0, 0.1) is 0 Å². The van der Waals surface area contributed by atoms with Crippen LogP contribution in [0.1, 0.15) is 67.3 Å². The predicted octanol–water partition coefficient (Wildman–Crippen LogP) is 3.37. The van der Waals surface area contributed by atoms with Gasteiger partial charge in [0.1, 0.15) is 0 Å². The number of benzene rings is 1. The van der Waals surface area contributed by atoms with Crippen LogP contribution in [0.4, 0.5) is 0 Å². The number of carbonyl (C=O) groups is 2. The van der Waals surface area contributed by atoms with Crippen molar-refractivity contribution >= 4 is 11.8 Å². The number of carboxylic acids is 1. The Kier molecular flexibility index (Phi) is 6.13. The number of ketones is 1. The molecule has 0 saturated heterocycles. The first-order valence-corrected chi connectivity index (χ1v) is 8.21. The van der Waals surface area contributed by atoms with Gasteiger partial charge in [-0.25, -0.2) is 0 Å². The Hall–Kier alpha value is -1.68. The average Bonchev–Trinajstić information content (AvgIpc) is 2.54. The molecule has 1 aromatic carbocycles. The van der Waals surface area contributed by atoms with Gasteiger partial charge in [-0.05, 0) is 30.9 Å². The molecule has 0 aliphatic heterocycles. The van der Waals surface area contributed by atoms with Crippen LogP contribution in [0.15, 0.2) is 24.3 Å². The van der Waals surface area contributed by atoms with Gasteiger partial charge in [-0.15, -0.1) is 0 Å². The van der Waals surface area contributed by atoms with Crippen molar-refractivity contribution in [3.63, 3.8) is 0 Å². The maximum absolute atomic E-state index is 12.4. The summed E-state index contributed by atoms with van der Waals surface area (Å²) in [6.45, 7) is 2.44. The van der Waals surface area contributed by atoms with Crippen LogP contribution in [0.25, 0.3) is 0 Å². The van der Waals surface area contributed by atoms with Gasteiger partial charge >= 0.3 is 5.97 Å². The standard InChI is InChI=1S/C18H25NO3/c1-2-19-16(12-17(20)21)18(22)15-10-8-14(9-11-15)13-6-4-3-5-7-13/h8-11,13,16,19H,2-7,12H2,1H3,(H,20,21). The maximum atomic E-state index is 12.4. The number of rotatable bonds is 7. The van der Waals surface area contributed by atoms with E-state index in [9.17, 15) is 9.59 Å². The van der Waals surface area contributed by atoms with E-state index < -0.39 is 12.0 Å². The fraction of sp³-hybridized carbons (Fsp3) is 0.556. The first-order valence-electron chi connectivity index (χ1n) is 8.21. The average molecular weight is 303 g/mol. The summed E-state index contributed by atoms with van der Waals surface area (Å²) in [7, 11) is 0. The van der Waals surface area contributed by atoms with Crippen molar-refractivity contribution in [2.24, 2.45) is 0 Å². The highest BCUT2D eigenvalue weighted by Gasteiger charge is 2.22. The zero-order valence-electron chi connectivity index (χ0n) is 13.2. The molecule has 1 unspecified atom stereocenters. The Bertz CT molecular complexity index is 504. The Labute approximate surface area is 131 Å². The second kappa shape index (κ2) is 8.08. The van der Waals surface area contributed by atoms with E-state index in [0.717, 1.165) is 0 Å². The van der Waals surface area contributed by atoms with E-state index in [1.165, 1.54) is 37.7 Å². The normalized spacial score (nSPS) is 17.1. The Morgan fingerprint density at radius 1 is 1.18 bits per heavy atom. The molecule has 0 heterocycles. The van der Waals surface area contributed by atoms with Gasteiger partial charge in [-0.3, -0.25) is 9.59 Å². The molecule has 0 bridgehead atoms. The summed E-state index contributed by atoms with van der Waals surface area (Å²) in [6.07, 6.45) is 6.17. The Morgan fingerprint density at radius 3 is 2.36 bits per heavy atom. The van der Waals surface area contributed by atoms with Crippen molar-refractivity contribution in [3.8, 4) is 0 Å². The van der Waals surface area contributed by atoms with Crippen molar-refractivity contribution < 1.29 is 14.7 Å². The molecule has 0 amide bonds. The van der Waals surface area contributed by atoms with E-state index in [1.807, 2.05) is 31.2 Å². The molecule has 0 radical (unpaired) electrons. The molecule has 1 aromatic rings. The van der Waals surface area contributed by atoms with E-state index in [-0.39, 0.29) is 12.2 Å². The molecule has 1 atom stereocenters. The van der Waals surface area contributed by atoms with E-state index in [0.29, 0.717) is 18.0 Å². The number of likely N-dealkylation sites (N-methyl/N-ethyl adjacent to an activating group) is 1. The number of carbonyl (C=O) groups excluding carboxylic acids is 1. The van der Waals surface area contributed by atoms with Crippen molar-refractivity contribution in [3.05, 3.63) is 35.4 Å². The van der Waals surface area contributed by atoms with Crippen LogP contribution < -0.4 is 5.32 Å². The van der Waals surface area contributed by atoms with Gasteiger partial charge in [-0.2, -0.15) is 0 Å². The second-order valence-electron chi connectivity index (χ2n) is 6.03. The minimum Gasteiger partial charge on any atom is -0.481 e. The summed E-state index contributed by atoms with van der Waals surface area (Å²) in [4.78, 5) is 23.3. The van der Waals surface area contributed by atoms with Crippen molar-refractivity contribution in [2.75, 3.05) is 6.54 Å².